The Balaban J connectivity index is 3.85. The van der Waals surface area contributed by atoms with Gasteiger partial charge in [-0.15, -0.1) is 0 Å². The molecule has 0 spiro atoms. The molecule has 102 valence electrons. The maximum atomic E-state index is 11.3. The fourth-order valence-electron chi connectivity index (χ4n) is 0.782. The first-order valence-electron chi connectivity index (χ1n) is 5.22. The average Bonchev–Trinajstić information content (AvgIpc) is 2.33. The van der Waals surface area contributed by atoms with Gasteiger partial charge < -0.3 is 19.3 Å². The van der Waals surface area contributed by atoms with Crippen molar-refractivity contribution in [2.75, 3.05) is 13.2 Å². The van der Waals surface area contributed by atoms with Crippen molar-refractivity contribution in [2.24, 2.45) is 0 Å². The molecule has 0 amide bonds. The molecule has 7 nitrogen and oxygen atoms in total. The lowest BCUT2D eigenvalue weighted by Gasteiger charge is -2.13. The zero-order valence-corrected chi connectivity index (χ0v) is 10.3. The van der Waals surface area contributed by atoms with Crippen LogP contribution in [0.3, 0.4) is 0 Å². The van der Waals surface area contributed by atoms with Gasteiger partial charge in [0.15, 0.2) is 6.10 Å². The van der Waals surface area contributed by atoms with E-state index in [0.29, 0.717) is 0 Å². The van der Waals surface area contributed by atoms with Crippen molar-refractivity contribution in [2.45, 2.75) is 26.1 Å². The number of ether oxygens (including phenoxy) is 3. The van der Waals surface area contributed by atoms with E-state index in [4.69, 9.17) is 5.11 Å². The first-order valence-corrected chi connectivity index (χ1v) is 5.22. The minimum atomic E-state index is -1.31. The number of carbonyl (C=O) groups excluding carboxylic acids is 3. The van der Waals surface area contributed by atoms with Gasteiger partial charge in [0.1, 0.15) is 19.3 Å². The van der Waals surface area contributed by atoms with Crippen LogP contribution in [-0.4, -0.2) is 48.4 Å². The Labute approximate surface area is 104 Å². The van der Waals surface area contributed by atoms with Gasteiger partial charge in [0.25, 0.3) is 0 Å². The molecule has 0 aliphatic carbocycles. The van der Waals surface area contributed by atoms with Crippen molar-refractivity contribution in [3.63, 3.8) is 0 Å². The fraction of sp³-hybridized carbons (Fsp3) is 0.545. The molecule has 0 aromatic rings. The molecule has 2 unspecified atom stereocenters. The third-order valence-corrected chi connectivity index (χ3v) is 1.70. The van der Waals surface area contributed by atoms with E-state index >= 15 is 0 Å². The topological polar surface area (TPSA) is 99.1 Å². The summed E-state index contributed by atoms with van der Waals surface area (Å²) >= 11 is 0. The largest absolute Gasteiger partial charge is 0.459 e. The van der Waals surface area contributed by atoms with Crippen LogP contribution in [-0.2, 0) is 28.6 Å². The standard InChI is InChI=1S/C11H16O7/c1-4-9(13)16-5-6-17-11(15)8(3)18-10(14)7(2)12/h4,7-8,12H,1,5-6H2,2-3H3. The third kappa shape index (κ3) is 6.64. The molecule has 0 aromatic heterocycles. The molecule has 0 bridgehead atoms. The summed E-state index contributed by atoms with van der Waals surface area (Å²) in [4.78, 5) is 32.9. The summed E-state index contributed by atoms with van der Waals surface area (Å²) in [6.45, 7) is 5.43. The molecule has 1 N–H and O–H groups in total. The van der Waals surface area contributed by atoms with Crippen LogP contribution in [0.4, 0.5) is 0 Å². The third-order valence-electron chi connectivity index (χ3n) is 1.70. The zero-order chi connectivity index (χ0) is 14.1. The predicted molar refractivity (Wildman–Crippen MR) is 59.3 cm³/mol. The summed E-state index contributed by atoms with van der Waals surface area (Å²) in [6.07, 6.45) is -1.47. The van der Waals surface area contributed by atoms with Gasteiger partial charge in [-0.3, -0.25) is 0 Å². The van der Waals surface area contributed by atoms with E-state index in [1.807, 2.05) is 0 Å². The van der Waals surface area contributed by atoms with Crippen LogP contribution in [0, 0.1) is 0 Å². The second-order valence-electron chi connectivity index (χ2n) is 3.29. The Hall–Kier alpha value is -1.89. The molecule has 0 aliphatic heterocycles. The van der Waals surface area contributed by atoms with E-state index in [2.05, 4.69) is 20.8 Å². The number of carbonyl (C=O) groups is 3. The van der Waals surface area contributed by atoms with Crippen LogP contribution in [0.1, 0.15) is 13.8 Å². The first-order chi connectivity index (χ1) is 8.38. The molecule has 7 heteroatoms. The van der Waals surface area contributed by atoms with E-state index in [1.54, 1.807) is 0 Å². The van der Waals surface area contributed by atoms with Gasteiger partial charge in [0.2, 0.25) is 0 Å². The quantitative estimate of drug-likeness (QED) is 0.287. The highest BCUT2D eigenvalue weighted by Crippen LogP contribution is 1.98. The molecule has 0 radical (unpaired) electrons. The van der Waals surface area contributed by atoms with E-state index in [1.165, 1.54) is 13.8 Å². The predicted octanol–water partition coefficient (Wildman–Crippen LogP) is -0.429. The minimum Gasteiger partial charge on any atom is -0.459 e. The second-order valence-corrected chi connectivity index (χ2v) is 3.29. The molecule has 0 rings (SSSR count). The van der Waals surface area contributed by atoms with Gasteiger partial charge in [-0.2, -0.15) is 0 Å². The fourth-order valence-corrected chi connectivity index (χ4v) is 0.782. The summed E-state index contributed by atoms with van der Waals surface area (Å²) in [5.41, 5.74) is 0. The zero-order valence-electron chi connectivity index (χ0n) is 10.3. The highest BCUT2D eigenvalue weighted by molar-refractivity contribution is 5.81. The van der Waals surface area contributed by atoms with Crippen LogP contribution < -0.4 is 0 Å². The minimum absolute atomic E-state index is 0.117. The number of esters is 3. The molecule has 0 fully saturated rings. The van der Waals surface area contributed by atoms with E-state index in [-0.39, 0.29) is 13.2 Å². The maximum Gasteiger partial charge on any atom is 0.347 e. The van der Waals surface area contributed by atoms with E-state index < -0.39 is 30.1 Å². The summed E-state index contributed by atoms with van der Waals surface area (Å²) in [5.74, 6) is -2.34. The van der Waals surface area contributed by atoms with E-state index in [9.17, 15) is 14.4 Å². The molecular weight excluding hydrogens is 244 g/mol. The number of hydrogen-bond donors (Lipinski definition) is 1. The summed E-state index contributed by atoms with van der Waals surface area (Å²) in [6, 6.07) is 0. The smallest absolute Gasteiger partial charge is 0.347 e. The summed E-state index contributed by atoms with van der Waals surface area (Å²) < 4.78 is 13.8. The summed E-state index contributed by atoms with van der Waals surface area (Å²) in [7, 11) is 0. The monoisotopic (exact) mass is 260 g/mol. The Morgan fingerprint density at radius 2 is 1.72 bits per heavy atom. The normalized spacial score (nSPS) is 13.1. The lowest BCUT2D eigenvalue weighted by molar-refractivity contribution is -0.172. The van der Waals surface area contributed by atoms with Crippen molar-refractivity contribution >= 4 is 17.9 Å². The van der Waals surface area contributed by atoms with Gasteiger partial charge in [0.05, 0.1) is 0 Å². The van der Waals surface area contributed by atoms with Gasteiger partial charge in [-0.05, 0) is 13.8 Å². The van der Waals surface area contributed by atoms with Gasteiger partial charge in [0, 0.05) is 6.08 Å². The molecule has 0 saturated heterocycles. The highest BCUT2D eigenvalue weighted by atomic mass is 16.6. The van der Waals surface area contributed by atoms with Crippen molar-refractivity contribution in [1.29, 1.82) is 0 Å². The lowest BCUT2D eigenvalue weighted by atomic mass is 10.4. The Morgan fingerprint density at radius 3 is 2.22 bits per heavy atom. The van der Waals surface area contributed by atoms with Crippen LogP contribution in [0.2, 0.25) is 0 Å². The summed E-state index contributed by atoms with van der Waals surface area (Å²) in [5, 5.41) is 8.86. The Bertz CT molecular complexity index is 321. The molecule has 0 saturated carbocycles. The van der Waals surface area contributed by atoms with Crippen LogP contribution >= 0.6 is 0 Å². The van der Waals surface area contributed by atoms with E-state index in [0.717, 1.165) is 6.08 Å². The van der Waals surface area contributed by atoms with Gasteiger partial charge in [-0.25, -0.2) is 14.4 Å². The molecule has 2 atom stereocenters. The average molecular weight is 260 g/mol. The molecular formula is C11H16O7. The lowest BCUT2D eigenvalue weighted by Crippen LogP contribution is -2.31. The number of hydrogen-bond acceptors (Lipinski definition) is 7. The van der Waals surface area contributed by atoms with Gasteiger partial charge >= 0.3 is 17.9 Å². The van der Waals surface area contributed by atoms with Crippen LogP contribution in [0.15, 0.2) is 12.7 Å². The molecule has 18 heavy (non-hydrogen) atoms. The number of rotatable bonds is 7. The first kappa shape index (κ1) is 16.1. The SMILES string of the molecule is C=CC(=O)OCCOC(=O)C(C)OC(=O)C(C)O. The van der Waals surface area contributed by atoms with Crippen molar-refractivity contribution < 1.29 is 33.7 Å². The van der Waals surface area contributed by atoms with Crippen molar-refractivity contribution in [3.05, 3.63) is 12.7 Å². The molecule has 0 aromatic carbocycles. The number of aliphatic hydroxyl groups is 1. The maximum absolute atomic E-state index is 11.3. The Morgan fingerprint density at radius 1 is 1.17 bits per heavy atom. The van der Waals surface area contributed by atoms with Crippen molar-refractivity contribution in [1.82, 2.24) is 0 Å². The molecule has 0 aliphatic rings. The Kier molecular flexibility index (Phi) is 7.37. The molecule has 0 heterocycles. The van der Waals surface area contributed by atoms with Crippen LogP contribution in [0.25, 0.3) is 0 Å². The highest BCUT2D eigenvalue weighted by Gasteiger charge is 2.21. The van der Waals surface area contributed by atoms with Crippen molar-refractivity contribution in [3.8, 4) is 0 Å². The second kappa shape index (κ2) is 8.24. The van der Waals surface area contributed by atoms with Crippen LogP contribution in [0.5, 0.6) is 0 Å². The van der Waals surface area contributed by atoms with Gasteiger partial charge in [-0.1, -0.05) is 6.58 Å². The number of aliphatic hydroxyl groups excluding tert-OH is 1.